The van der Waals surface area contributed by atoms with Gasteiger partial charge in [-0.2, -0.15) is 0 Å². The first-order valence-electron chi connectivity index (χ1n) is 7.04. The summed E-state index contributed by atoms with van der Waals surface area (Å²) in [6.07, 6.45) is 1.58. The van der Waals surface area contributed by atoms with Crippen LogP contribution in [0.2, 0.25) is 0 Å². The molecular weight excluding hydrogens is 248 g/mol. The van der Waals surface area contributed by atoms with E-state index in [9.17, 15) is 9.90 Å². The van der Waals surface area contributed by atoms with E-state index in [-0.39, 0.29) is 11.8 Å². The quantitative estimate of drug-likeness (QED) is 0.898. The summed E-state index contributed by atoms with van der Waals surface area (Å²) in [6, 6.07) is 16.3. The maximum Gasteiger partial charge on any atom is 0.307 e. The summed E-state index contributed by atoms with van der Waals surface area (Å²) < 4.78 is 0. The van der Waals surface area contributed by atoms with Gasteiger partial charge in [-0.15, -0.1) is 0 Å². The first-order chi connectivity index (χ1) is 9.68. The highest BCUT2D eigenvalue weighted by atomic mass is 16.4. The van der Waals surface area contributed by atoms with E-state index in [1.165, 1.54) is 16.7 Å². The minimum Gasteiger partial charge on any atom is -0.481 e. The van der Waals surface area contributed by atoms with Crippen LogP contribution in [0.5, 0.6) is 0 Å². The first-order valence-corrected chi connectivity index (χ1v) is 7.04. The molecule has 0 fully saturated rings. The fourth-order valence-corrected chi connectivity index (χ4v) is 3.38. The van der Waals surface area contributed by atoms with E-state index in [2.05, 4.69) is 19.1 Å². The van der Waals surface area contributed by atoms with Crippen LogP contribution in [0.15, 0.2) is 48.5 Å². The lowest BCUT2D eigenvalue weighted by molar-refractivity contribution is -0.142. The zero-order valence-corrected chi connectivity index (χ0v) is 11.5. The zero-order chi connectivity index (χ0) is 14.1. The minimum atomic E-state index is -0.689. The maximum atomic E-state index is 11.6. The van der Waals surface area contributed by atoms with Crippen LogP contribution < -0.4 is 0 Å². The molecular formula is C18H18O2. The number of carboxylic acid groups (broad SMARTS) is 1. The standard InChI is InChI=1S/C18H18O2/c1-12-6-5-9-15-14(12)10-11-16(18(19)20)17(15)13-7-3-2-4-8-13/h2-9,16-17H,10-11H2,1H3,(H,19,20). The normalized spacial score (nSPS) is 21.2. The molecule has 1 N–H and O–H groups in total. The third kappa shape index (κ3) is 2.11. The molecule has 0 amide bonds. The summed E-state index contributed by atoms with van der Waals surface area (Å²) in [5.74, 6) is -1.05. The molecule has 0 aromatic heterocycles. The molecule has 2 unspecified atom stereocenters. The molecule has 0 spiro atoms. The molecule has 0 saturated heterocycles. The Morgan fingerprint density at radius 3 is 2.55 bits per heavy atom. The molecule has 102 valence electrons. The number of fused-ring (bicyclic) bond motifs is 1. The molecule has 0 heterocycles. The molecule has 2 aromatic rings. The van der Waals surface area contributed by atoms with E-state index in [4.69, 9.17) is 0 Å². The smallest absolute Gasteiger partial charge is 0.307 e. The lowest BCUT2D eigenvalue weighted by Gasteiger charge is -2.32. The predicted octanol–water partition coefficient (Wildman–Crippen LogP) is 3.77. The van der Waals surface area contributed by atoms with Gasteiger partial charge in [0.15, 0.2) is 0 Å². The second-order valence-corrected chi connectivity index (χ2v) is 5.51. The van der Waals surface area contributed by atoms with Crippen LogP contribution in [-0.4, -0.2) is 11.1 Å². The van der Waals surface area contributed by atoms with E-state index >= 15 is 0 Å². The van der Waals surface area contributed by atoms with Gasteiger partial charge < -0.3 is 5.11 Å². The highest BCUT2D eigenvalue weighted by Gasteiger charge is 2.35. The molecule has 0 radical (unpaired) electrons. The summed E-state index contributed by atoms with van der Waals surface area (Å²) in [4.78, 5) is 11.6. The number of carbonyl (C=O) groups is 1. The van der Waals surface area contributed by atoms with E-state index in [1.807, 2.05) is 36.4 Å². The zero-order valence-electron chi connectivity index (χ0n) is 11.5. The molecule has 1 aliphatic rings. The monoisotopic (exact) mass is 266 g/mol. The Hall–Kier alpha value is -2.09. The van der Waals surface area contributed by atoms with E-state index in [1.54, 1.807) is 0 Å². The average molecular weight is 266 g/mol. The van der Waals surface area contributed by atoms with E-state index in [0.717, 1.165) is 12.0 Å². The maximum absolute atomic E-state index is 11.6. The van der Waals surface area contributed by atoms with Gasteiger partial charge in [0.05, 0.1) is 5.92 Å². The molecule has 2 heteroatoms. The van der Waals surface area contributed by atoms with Crippen molar-refractivity contribution in [2.75, 3.05) is 0 Å². The number of carboxylic acids is 1. The SMILES string of the molecule is Cc1cccc2c1CCC(C(=O)O)C2c1ccccc1. The topological polar surface area (TPSA) is 37.3 Å². The molecule has 0 aliphatic heterocycles. The highest BCUT2D eigenvalue weighted by molar-refractivity contribution is 5.73. The Labute approximate surface area is 119 Å². The van der Waals surface area contributed by atoms with Crippen molar-refractivity contribution in [3.63, 3.8) is 0 Å². The van der Waals surface area contributed by atoms with Gasteiger partial charge in [0, 0.05) is 5.92 Å². The number of benzene rings is 2. The molecule has 2 aromatic carbocycles. The molecule has 3 rings (SSSR count). The second-order valence-electron chi connectivity index (χ2n) is 5.51. The number of aliphatic carboxylic acids is 1. The third-order valence-corrected chi connectivity index (χ3v) is 4.37. The highest BCUT2D eigenvalue weighted by Crippen LogP contribution is 2.41. The molecule has 2 atom stereocenters. The minimum absolute atomic E-state index is 0.0302. The van der Waals surface area contributed by atoms with Crippen LogP contribution in [0.4, 0.5) is 0 Å². The van der Waals surface area contributed by atoms with Crippen molar-refractivity contribution >= 4 is 5.97 Å². The Balaban J connectivity index is 2.16. The Morgan fingerprint density at radius 1 is 1.10 bits per heavy atom. The molecule has 20 heavy (non-hydrogen) atoms. The number of hydrogen-bond donors (Lipinski definition) is 1. The van der Waals surface area contributed by atoms with Crippen LogP contribution in [-0.2, 0) is 11.2 Å². The van der Waals surface area contributed by atoms with Gasteiger partial charge in [-0.3, -0.25) is 4.79 Å². The Bertz CT molecular complexity index is 631. The van der Waals surface area contributed by atoms with Crippen LogP contribution in [0.1, 0.15) is 34.6 Å². The summed E-state index contributed by atoms with van der Waals surface area (Å²) >= 11 is 0. The second kappa shape index (κ2) is 5.12. The molecule has 2 nitrogen and oxygen atoms in total. The van der Waals surface area contributed by atoms with Crippen LogP contribution >= 0.6 is 0 Å². The summed E-state index contributed by atoms with van der Waals surface area (Å²) in [5, 5.41) is 9.56. The van der Waals surface area contributed by atoms with Crippen LogP contribution in [0.3, 0.4) is 0 Å². The number of rotatable bonds is 2. The largest absolute Gasteiger partial charge is 0.481 e. The fraction of sp³-hybridized carbons (Fsp3) is 0.278. The molecule has 0 bridgehead atoms. The predicted molar refractivity (Wildman–Crippen MR) is 78.9 cm³/mol. The number of aryl methyl sites for hydroxylation is 1. The lowest BCUT2D eigenvalue weighted by atomic mass is 9.71. The van der Waals surface area contributed by atoms with Gasteiger partial charge in [-0.05, 0) is 42.0 Å². The van der Waals surface area contributed by atoms with Gasteiger partial charge in [-0.25, -0.2) is 0 Å². The summed E-state index contributed by atoms with van der Waals surface area (Å²) in [5.41, 5.74) is 4.90. The fourth-order valence-electron chi connectivity index (χ4n) is 3.38. The molecule has 0 saturated carbocycles. The molecule has 1 aliphatic carbocycles. The van der Waals surface area contributed by atoms with Crippen molar-refractivity contribution in [1.82, 2.24) is 0 Å². The van der Waals surface area contributed by atoms with Gasteiger partial charge in [0.25, 0.3) is 0 Å². The van der Waals surface area contributed by atoms with Crippen molar-refractivity contribution in [3.8, 4) is 0 Å². The van der Waals surface area contributed by atoms with Crippen LogP contribution in [0.25, 0.3) is 0 Å². The van der Waals surface area contributed by atoms with Gasteiger partial charge in [-0.1, -0.05) is 48.5 Å². The lowest BCUT2D eigenvalue weighted by Crippen LogP contribution is -2.28. The summed E-state index contributed by atoms with van der Waals surface area (Å²) in [6.45, 7) is 2.11. The van der Waals surface area contributed by atoms with Crippen molar-refractivity contribution in [2.45, 2.75) is 25.7 Å². The van der Waals surface area contributed by atoms with E-state index < -0.39 is 5.97 Å². The van der Waals surface area contributed by atoms with Crippen molar-refractivity contribution in [1.29, 1.82) is 0 Å². The van der Waals surface area contributed by atoms with Gasteiger partial charge in [0.2, 0.25) is 0 Å². The van der Waals surface area contributed by atoms with Crippen molar-refractivity contribution < 1.29 is 9.90 Å². The van der Waals surface area contributed by atoms with Crippen molar-refractivity contribution in [2.24, 2.45) is 5.92 Å². The van der Waals surface area contributed by atoms with Gasteiger partial charge in [0.1, 0.15) is 0 Å². The number of hydrogen-bond acceptors (Lipinski definition) is 1. The first kappa shape index (κ1) is 12.9. The Morgan fingerprint density at radius 2 is 1.85 bits per heavy atom. The Kier molecular flexibility index (Phi) is 3.31. The van der Waals surface area contributed by atoms with Crippen molar-refractivity contribution in [3.05, 3.63) is 70.8 Å². The third-order valence-electron chi connectivity index (χ3n) is 4.37. The van der Waals surface area contributed by atoms with E-state index in [0.29, 0.717) is 6.42 Å². The van der Waals surface area contributed by atoms with Gasteiger partial charge >= 0.3 is 5.97 Å². The summed E-state index contributed by atoms with van der Waals surface area (Å²) in [7, 11) is 0. The van der Waals surface area contributed by atoms with Crippen LogP contribution in [0, 0.1) is 12.8 Å². The average Bonchev–Trinajstić information content (AvgIpc) is 2.47.